The summed E-state index contributed by atoms with van der Waals surface area (Å²) in [6, 6.07) is 14.5. The quantitative estimate of drug-likeness (QED) is 0.290. The van der Waals surface area contributed by atoms with Crippen LogP contribution in [-0.2, 0) is 11.8 Å². The minimum atomic E-state index is -0.580. The molecular formula is C27H38N2O4Pb. The first-order chi connectivity index (χ1) is 15.8. The van der Waals surface area contributed by atoms with E-state index in [0.29, 0.717) is 11.5 Å². The Kier molecular flexibility index (Phi) is 12.7. The second-order valence-electron chi connectivity index (χ2n) is 8.65. The van der Waals surface area contributed by atoms with Crippen LogP contribution in [0.25, 0.3) is 0 Å². The molecule has 7 heteroatoms. The molecule has 1 unspecified atom stereocenters. The maximum atomic E-state index is 10.2. The molecule has 0 fully saturated rings. The molecular weight excluding hydrogens is 624 g/mol. The summed E-state index contributed by atoms with van der Waals surface area (Å²) >= 11 is 0. The average Bonchev–Trinajstić information content (AvgIpc) is 2.84. The van der Waals surface area contributed by atoms with Gasteiger partial charge in [-0.05, 0) is 74.2 Å². The second-order valence-corrected chi connectivity index (χ2v) is 8.65. The molecule has 0 aliphatic heterocycles. The van der Waals surface area contributed by atoms with Gasteiger partial charge in [0.2, 0.25) is 0 Å². The summed E-state index contributed by atoms with van der Waals surface area (Å²) in [5.74, 6) is 2.99. The number of hydrogen-bond acceptors (Lipinski definition) is 6. The van der Waals surface area contributed by atoms with Crippen molar-refractivity contribution in [2.75, 3.05) is 48.6 Å². The summed E-state index contributed by atoms with van der Waals surface area (Å²) < 4.78 is 21.6. The van der Waals surface area contributed by atoms with E-state index in [1.165, 1.54) is 5.56 Å². The Morgan fingerprint density at radius 1 is 0.853 bits per heavy atom. The third-order valence-corrected chi connectivity index (χ3v) is 6.42. The number of nitrogens with zero attached hydrogens (tertiary/aromatic N) is 2. The largest absolute Gasteiger partial charge is 0.493 e. The monoisotopic (exact) mass is 662 g/mol. The number of methoxy groups -OCH3 is 4. The van der Waals surface area contributed by atoms with Crippen LogP contribution in [0.2, 0.25) is 0 Å². The van der Waals surface area contributed by atoms with Crippen LogP contribution < -0.4 is 18.9 Å². The van der Waals surface area contributed by atoms with E-state index in [-0.39, 0.29) is 33.2 Å². The predicted molar refractivity (Wildman–Crippen MR) is 137 cm³/mol. The molecule has 0 aliphatic rings. The zero-order valence-corrected chi connectivity index (χ0v) is 25.5. The van der Waals surface area contributed by atoms with Crippen molar-refractivity contribution >= 4 is 27.3 Å². The SMILES string of the molecule is COc1ccc(CCN(C)CCCC(C#N)(c2ccc(OC)c(OC)c2)C(C)C)cc1OC.[Pb]. The van der Waals surface area contributed by atoms with Crippen molar-refractivity contribution in [1.82, 2.24) is 4.90 Å². The van der Waals surface area contributed by atoms with E-state index in [4.69, 9.17) is 18.9 Å². The molecule has 0 saturated heterocycles. The van der Waals surface area contributed by atoms with Gasteiger partial charge < -0.3 is 23.8 Å². The molecule has 0 aliphatic carbocycles. The number of rotatable bonds is 13. The van der Waals surface area contributed by atoms with Crippen LogP contribution in [-0.4, -0.2) is 80.8 Å². The molecule has 1 atom stereocenters. The number of benzene rings is 2. The van der Waals surface area contributed by atoms with Gasteiger partial charge in [-0.2, -0.15) is 5.26 Å². The summed E-state index contributed by atoms with van der Waals surface area (Å²) in [7, 11) is 8.67. The summed E-state index contributed by atoms with van der Waals surface area (Å²) in [4.78, 5) is 2.31. The summed E-state index contributed by atoms with van der Waals surface area (Å²) in [6.07, 6.45) is 2.61. The maximum Gasteiger partial charge on any atom is 0.161 e. The minimum Gasteiger partial charge on any atom is -0.493 e. The molecule has 0 saturated carbocycles. The van der Waals surface area contributed by atoms with Crippen LogP contribution in [0.4, 0.5) is 0 Å². The van der Waals surface area contributed by atoms with E-state index in [9.17, 15) is 5.26 Å². The van der Waals surface area contributed by atoms with Gasteiger partial charge in [-0.15, -0.1) is 0 Å². The first-order valence-electron chi connectivity index (χ1n) is 11.4. The minimum absolute atomic E-state index is 0. The molecule has 4 radical (unpaired) electrons. The fraction of sp³-hybridized carbons (Fsp3) is 0.519. The third-order valence-electron chi connectivity index (χ3n) is 6.42. The van der Waals surface area contributed by atoms with Gasteiger partial charge in [-0.3, -0.25) is 0 Å². The molecule has 0 amide bonds. The van der Waals surface area contributed by atoms with Crippen molar-refractivity contribution in [3.8, 4) is 29.1 Å². The summed E-state index contributed by atoms with van der Waals surface area (Å²) in [6.45, 7) is 6.06. The third kappa shape index (κ3) is 7.25. The van der Waals surface area contributed by atoms with E-state index in [2.05, 4.69) is 37.9 Å². The first-order valence-corrected chi connectivity index (χ1v) is 11.4. The molecule has 0 aromatic heterocycles. The Balaban J connectivity index is 0.00000578. The van der Waals surface area contributed by atoms with Crippen LogP contribution >= 0.6 is 0 Å². The molecule has 0 heterocycles. The van der Waals surface area contributed by atoms with E-state index in [0.717, 1.165) is 49.4 Å². The molecule has 2 rings (SSSR count). The normalized spacial score (nSPS) is 12.5. The van der Waals surface area contributed by atoms with Crippen LogP contribution in [0.5, 0.6) is 23.0 Å². The summed E-state index contributed by atoms with van der Waals surface area (Å²) in [5, 5.41) is 10.2. The van der Waals surface area contributed by atoms with Crippen molar-refractivity contribution in [3.05, 3.63) is 47.5 Å². The predicted octanol–water partition coefficient (Wildman–Crippen LogP) is 4.71. The molecule has 2 aromatic carbocycles. The number of hydrogen-bond donors (Lipinski definition) is 0. The smallest absolute Gasteiger partial charge is 0.161 e. The molecule has 0 spiro atoms. The Bertz CT molecular complexity index is 945. The van der Waals surface area contributed by atoms with Crippen LogP contribution in [0.15, 0.2) is 36.4 Å². The Morgan fingerprint density at radius 3 is 1.94 bits per heavy atom. The average molecular weight is 662 g/mol. The van der Waals surface area contributed by atoms with Gasteiger partial charge in [-0.25, -0.2) is 0 Å². The fourth-order valence-electron chi connectivity index (χ4n) is 4.23. The molecule has 0 bridgehead atoms. The second kappa shape index (κ2) is 14.4. The molecule has 2 aromatic rings. The van der Waals surface area contributed by atoms with E-state index in [1.807, 2.05) is 30.3 Å². The number of ether oxygens (including phenoxy) is 4. The molecule has 6 nitrogen and oxygen atoms in total. The zero-order valence-electron chi connectivity index (χ0n) is 21.6. The van der Waals surface area contributed by atoms with E-state index in [1.54, 1.807) is 28.4 Å². The van der Waals surface area contributed by atoms with Gasteiger partial charge in [-0.1, -0.05) is 26.0 Å². The van der Waals surface area contributed by atoms with Crippen molar-refractivity contribution in [1.29, 1.82) is 5.26 Å². The van der Waals surface area contributed by atoms with Gasteiger partial charge in [0, 0.05) is 33.8 Å². The van der Waals surface area contributed by atoms with Crippen LogP contribution in [0, 0.1) is 17.2 Å². The fourth-order valence-corrected chi connectivity index (χ4v) is 4.23. The first kappa shape index (κ1) is 30.0. The van der Waals surface area contributed by atoms with Crippen LogP contribution in [0.1, 0.15) is 37.8 Å². The van der Waals surface area contributed by atoms with Gasteiger partial charge in [0.05, 0.1) is 39.9 Å². The van der Waals surface area contributed by atoms with Gasteiger partial charge >= 0.3 is 0 Å². The zero-order chi connectivity index (χ0) is 24.4. The molecule has 184 valence electrons. The van der Waals surface area contributed by atoms with Gasteiger partial charge in [0.15, 0.2) is 23.0 Å². The number of nitriles is 1. The van der Waals surface area contributed by atoms with Crippen molar-refractivity contribution in [2.24, 2.45) is 5.92 Å². The maximum absolute atomic E-state index is 10.2. The van der Waals surface area contributed by atoms with E-state index < -0.39 is 5.41 Å². The van der Waals surface area contributed by atoms with Gasteiger partial charge in [0.1, 0.15) is 0 Å². The Labute approximate surface area is 225 Å². The van der Waals surface area contributed by atoms with Crippen molar-refractivity contribution < 1.29 is 18.9 Å². The molecule has 34 heavy (non-hydrogen) atoms. The van der Waals surface area contributed by atoms with E-state index >= 15 is 0 Å². The Hall–Kier alpha value is -1.99. The van der Waals surface area contributed by atoms with Gasteiger partial charge in [0.25, 0.3) is 0 Å². The topological polar surface area (TPSA) is 64.0 Å². The molecule has 0 N–H and O–H groups in total. The standard InChI is InChI=1S/C27H38N2O4.Pb/c1-20(2)27(19-28,22-10-12-24(31-5)26(18-22)33-7)14-8-15-29(3)16-13-21-9-11-23(30-4)25(17-21)32-6;/h9-12,17-18,20H,8,13-16H2,1-7H3;. The van der Waals surface area contributed by atoms with Crippen molar-refractivity contribution in [2.45, 2.75) is 38.5 Å². The van der Waals surface area contributed by atoms with Crippen LogP contribution in [0.3, 0.4) is 0 Å². The number of likely N-dealkylation sites (N-methyl/N-ethyl adjacent to an activating group) is 1. The van der Waals surface area contributed by atoms with Crippen molar-refractivity contribution in [3.63, 3.8) is 0 Å². The Morgan fingerprint density at radius 2 is 1.41 bits per heavy atom. The summed E-state index contributed by atoms with van der Waals surface area (Å²) in [5.41, 5.74) is 1.60.